The fraction of sp³-hybridized carbons (Fsp3) is 0.692. The zero-order chi connectivity index (χ0) is 13.8. The maximum absolute atomic E-state index is 11.7. The Bertz CT molecular complexity index is 444. The third kappa shape index (κ3) is 3.07. The minimum Gasteiger partial charge on any atom is -0.461 e. The van der Waals surface area contributed by atoms with Crippen molar-refractivity contribution in [2.24, 2.45) is 0 Å². The van der Waals surface area contributed by atoms with Gasteiger partial charge in [-0.05, 0) is 32.6 Å². The van der Waals surface area contributed by atoms with Crippen LogP contribution >= 0.6 is 0 Å². The molecule has 1 saturated carbocycles. The summed E-state index contributed by atoms with van der Waals surface area (Å²) in [7, 11) is 1.73. The van der Waals surface area contributed by atoms with Gasteiger partial charge in [-0.1, -0.05) is 0 Å². The predicted molar refractivity (Wildman–Crippen MR) is 70.9 cm³/mol. The van der Waals surface area contributed by atoms with Gasteiger partial charge in [-0.15, -0.1) is 0 Å². The number of hydrogen-bond donors (Lipinski definition) is 1. The van der Waals surface area contributed by atoms with Crippen LogP contribution in [0.15, 0.2) is 6.20 Å². The third-order valence-corrected chi connectivity index (χ3v) is 3.53. The number of methoxy groups -OCH3 is 1. The smallest absolute Gasteiger partial charge is 0.361 e. The molecule has 1 fully saturated rings. The molecule has 106 valence electrons. The summed E-state index contributed by atoms with van der Waals surface area (Å²) < 4.78 is 12.1. The Kier molecular flexibility index (Phi) is 4.42. The summed E-state index contributed by atoms with van der Waals surface area (Å²) in [4.78, 5) is 11.7. The van der Waals surface area contributed by atoms with E-state index in [-0.39, 0.29) is 17.8 Å². The van der Waals surface area contributed by atoms with Crippen LogP contribution in [0, 0.1) is 0 Å². The van der Waals surface area contributed by atoms with Gasteiger partial charge < -0.3 is 15.2 Å². The number of carbonyl (C=O) groups excluding carboxylic acids is 1. The first kappa shape index (κ1) is 13.9. The Morgan fingerprint density at radius 2 is 2.37 bits per heavy atom. The van der Waals surface area contributed by atoms with Crippen LogP contribution in [0.2, 0.25) is 0 Å². The van der Waals surface area contributed by atoms with Gasteiger partial charge in [-0.25, -0.2) is 4.79 Å². The Morgan fingerprint density at radius 3 is 3.05 bits per heavy atom. The molecular weight excluding hydrogens is 246 g/mol. The van der Waals surface area contributed by atoms with E-state index in [0.29, 0.717) is 12.3 Å². The van der Waals surface area contributed by atoms with E-state index in [1.807, 2.05) is 0 Å². The lowest BCUT2D eigenvalue weighted by atomic mass is 9.93. The number of aromatic nitrogens is 2. The van der Waals surface area contributed by atoms with Crippen molar-refractivity contribution < 1.29 is 14.3 Å². The van der Waals surface area contributed by atoms with Gasteiger partial charge in [0.1, 0.15) is 0 Å². The summed E-state index contributed by atoms with van der Waals surface area (Å²) in [6, 6.07) is 0.240. The van der Waals surface area contributed by atoms with Crippen molar-refractivity contribution in [1.82, 2.24) is 9.78 Å². The van der Waals surface area contributed by atoms with Gasteiger partial charge in [-0.2, -0.15) is 5.10 Å². The molecule has 2 unspecified atom stereocenters. The van der Waals surface area contributed by atoms with Crippen molar-refractivity contribution in [3.05, 3.63) is 11.9 Å². The molecule has 1 aliphatic rings. The molecule has 0 radical (unpaired) electrons. The molecule has 1 heterocycles. The highest BCUT2D eigenvalue weighted by Crippen LogP contribution is 2.30. The first-order chi connectivity index (χ1) is 9.15. The molecule has 0 amide bonds. The number of anilines is 1. The number of nitrogens with zero attached hydrogens (tertiary/aromatic N) is 2. The van der Waals surface area contributed by atoms with Gasteiger partial charge >= 0.3 is 5.97 Å². The van der Waals surface area contributed by atoms with Crippen LogP contribution < -0.4 is 5.73 Å². The van der Waals surface area contributed by atoms with E-state index in [4.69, 9.17) is 15.2 Å². The van der Waals surface area contributed by atoms with Crippen LogP contribution in [-0.4, -0.2) is 35.6 Å². The number of esters is 1. The highest BCUT2D eigenvalue weighted by Gasteiger charge is 2.25. The molecular formula is C13H21N3O3. The predicted octanol–water partition coefficient (Wildman–Crippen LogP) is 1.77. The molecule has 6 heteroatoms. The average Bonchev–Trinajstić information content (AvgIpc) is 2.81. The third-order valence-electron chi connectivity index (χ3n) is 3.53. The largest absolute Gasteiger partial charge is 0.461 e. The first-order valence-corrected chi connectivity index (χ1v) is 6.70. The maximum Gasteiger partial charge on any atom is 0.361 e. The second kappa shape index (κ2) is 6.06. The zero-order valence-corrected chi connectivity index (χ0v) is 11.5. The molecule has 0 saturated heterocycles. The first-order valence-electron chi connectivity index (χ1n) is 6.70. The van der Waals surface area contributed by atoms with Gasteiger partial charge in [0.05, 0.1) is 24.4 Å². The Labute approximate surface area is 112 Å². The number of carbonyl (C=O) groups is 1. The van der Waals surface area contributed by atoms with Crippen molar-refractivity contribution in [3.63, 3.8) is 0 Å². The minimum atomic E-state index is -0.460. The Morgan fingerprint density at radius 1 is 1.58 bits per heavy atom. The van der Waals surface area contributed by atoms with Crippen LogP contribution in [0.1, 0.15) is 49.1 Å². The quantitative estimate of drug-likeness (QED) is 0.841. The van der Waals surface area contributed by atoms with Gasteiger partial charge in [-0.3, -0.25) is 4.68 Å². The number of ether oxygens (including phenoxy) is 2. The fourth-order valence-electron chi connectivity index (χ4n) is 2.53. The average molecular weight is 267 g/mol. The van der Waals surface area contributed by atoms with Crippen molar-refractivity contribution in [2.75, 3.05) is 19.5 Å². The Hall–Kier alpha value is -1.56. The van der Waals surface area contributed by atoms with Crippen LogP contribution in [0.3, 0.4) is 0 Å². The molecule has 2 N–H and O–H groups in total. The van der Waals surface area contributed by atoms with Crippen LogP contribution in [0.5, 0.6) is 0 Å². The van der Waals surface area contributed by atoms with Gasteiger partial charge in [0.2, 0.25) is 0 Å². The van der Waals surface area contributed by atoms with E-state index >= 15 is 0 Å². The summed E-state index contributed by atoms with van der Waals surface area (Å²) in [5, 5.41) is 4.28. The molecule has 1 aliphatic carbocycles. The number of hydrogen-bond acceptors (Lipinski definition) is 5. The highest BCUT2D eigenvalue weighted by atomic mass is 16.5. The topological polar surface area (TPSA) is 79.4 Å². The molecule has 2 atom stereocenters. The molecule has 0 aromatic carbocycles. The van der Waals surface area contributed by atoms with Crippen LogP contribution in [-0.2, 0) is 9.47 Å². The lowest BCUT2D eigenvalue weighted by Gasteiger charge is -2.28. The van der Waals surface area contributed by atoms with Crippen molar-refractivity contribution in [1.29, 1.82) is 0 Å². The van der Waals surface area contributed by atoms with Crippen LogP contribution in [0.4, 0.5) is 5.69 Å². The van der Waals surface area contributed by atoms with Gasteiger partial charge in [0, 0.05) is 13.3 Å². The molecule has 1 aromatic rings. The molecule has 6 nitrogen and oxygen atoms in total. The molecule has 2 rings (SSSR count). The van der Waals surface area contributed by atoms with Crippen molar-refractivity contribution in [2.45, 2.75) is 44.8 Å². The second-order valence-electron chi connectivity index (χ2n) is 4.81. The summed E-state index contributed by atoms with van der Waals surface area (Å²) in [5.41, 5.74) is 6.41. The lowest BCUT2D eigenvalue weighted by molar-refractivity contribution is 0.0489. The minimum absolute atomic E-state index is 0.210. The van der Waals surface area contributed by atoms with Crippen LogP contribution in [0.25, 0.3) is 0 Å². The fourth-order valence-corrected chi connectivity index (χ4v) is 2.53. The summed E-state index contributed by atoms with van der Waals surface area (Å²) in [6.07, 6.45) is 6.08. The summed E-state index contributed by atoms with van der Waals surface area (Å²) in [5.74, 6) is -0.460. The van der Waals surface area contributed by atoms with Crippen molar-refractivity contribution >= 4 is 11.7 Å². The summed E-state index contributed by atoms with van der Waals surface area (Å²) >= 11 is 0. The molecule has 0 aliphatic heterocycles. The molecule has 0 bridgehead atoms. The van der Waals surface area contributed by atoms with E-state index in [2.05, 4.69) is 5.10 Å². The lowest BCUT2D eigenvalue weighted by Crippen LogP contribution is -2.24. The maximum atomic E-state index is 11.7. The molecule has 19 heavy (non-hydrogen) atoms. The molecule has 0 spiro atoms. The van der Waals surface area contributed by atoms with Crippen molar-refractivity contribution in [3.8, 4) is 0 Å². The van der Waals surface area contributed by atoms with E-state index in [1.54, 1.807) is 24.9 Å². The standard InChI is InChI=1S/C13H21N3O3/c1-3-19-13(17)12-11(14)8-16(15-12)9-5-4-6-10(7-9)18-2/h8-10H,3-7,14H2,1-2H3. The van der Waals surface area contributed by atoms with E-state index in [1.165, 1.54) is 0 Å². The van der Waals surface area contributed by atoms with E-state index in [0.717, 1.165) is 25.7 Å². The zero-order valence-electron chi connectivity index (χ0n) is 11.5. The summed E-state index contributed by atoms with van der Waals surface area (Å²) in [6.45, 7) is 2.08. The van der Waals surface area contributed by atoms with Gasteiger partial charge in [0.25, 0.3) is 0 Å². The number of rotatable bonds is 4. The monoisotopic (exact) mass is 267 g/mol. The normalized spacial score (nSPS) is 23.3. The number of nitrogen functional groups attached to an aromatic ring is 1. The Balaban J connectivity index is 2.13. The van der Waals surface area contributed by atoms with Gasteiger partial charge in [0.15, 0.2) is 5.69 Å². The highest BCUT2D eigenvalue weighted by molar-refractivity contribution is 5.92. The van der Waals surface area contributed by atoms with E-state index in [9.17, 15) is 4.79 Å². The second-order valence-corrected chi connectivity index (χ2v) is 4.81. The number of nitrogens with two attached hydrogens (primary N) is 1. The van der Waals surface area contributed by atoms with E-state index < -0.39 is 5.97 Å². The molecule has 1 aromatic heterocycles. The SMILES string of the molecule is CCOC(=O)c1nn(C2CCCC(OC)C2)cc1N.